The number of fused-ring (bicyclic) bond motifs is 1. The third-order valence-corrected chi connectivity index (χ3v) is 5.87. The first-order chi connectivity index (χ1) is 15.5. The van der Waals surface area contributed by atoms with Gasteiger partial charge in [0.25, 0.3) is 11.8 Å². The van der Waals surface area contributed by atoms with Crippen LogP contribution in [-0.4, -0.2) is 23.8 Å². The Hall–Kier alpha value is -3.52. The quantitative estimate of drug-likeness (QED) is 0.532. The molecule has 2 aliphatic rings. The van der Waals surface area contributed by atoms with E-state index in [1.807, 2.05) is 18.2 Å². The Morgan fingerprint density at radius 2 is 1.62 bits per heavy atom. The molecule has 1 saturated heterocycles. The molecule has 3 aromatic carbocycles. The molecular weight excluding hydrogens is 428 g/mol. The zero-order chi connectivity index (χ0) is 22.2. The van der Waals surface area contributed by atoms with Gasteiger partial charge in [0.1, 0.15) is 6.04 Å². The predicted molar refractivity (Wildman–Crippen MR) is 122 cm³/mol. The van der Waals surface area contributed by atoms with Gasteiger partial charge >= 0.3 is 0 Å². The lowest BCUT2D eigenvalue weighted by Gasteiger charge is -2.16. The molecule has 32 heavy (non-hydrogen) atoms. The maximum atomic E-state index is 12.8. The SMILES string of the molecule is O=C(Nc1cccc(N2C(=O)c3ccccc3C2=O)c1)C1CC(c2cccc(Cl)c2)NN1. The molecule has 3 amide bonds. The summed E-state index contributed by atoms with van der Waals surface area (Å²) in [5, 5.41) is 3.51. The van der Waals surface area contributed by atoms with Crippen LogP contribution in [0.5, 0.6) is 0 Å². The molecule has 0 saturated carbocycles. The second-order valence-corrected chi connectivity index (χ2v) is 8.15. The first-order valence-corrected chi connectivity index (χ1v) is 10.5. The maximum absolute atomic E-state index is 12.8. The Kier molecular flexibility index (Phi) is 5.22. The number of carbonyl (C=O) groups is 3. The topological polar surface area (TPSA) is 90.5 Å². The van der Waals surface area contributed by atoms with Crippen LogP contribution in [0.25, 0.3) is 0 Å². The highest BCUT2D eigenvalue weighted by molar-refractivity contribution is 6.34. The van der Waals surface area contributed by atoms with Gasteiger partial charge in [-0.1, -0.05) is 41.9 Å². The molecule has 1 fully saturated rings. The summed E-state index contributed by atoms with van der Waals surface area (Å²) in [6, 6.07) is 20.4. The molecular formula is C24H19ClN4O3. The molecule has 8 heteroatoms. The number of amides is 3. The largest absolute Gasteiger partial charge is 0.325 e. The second-order valence-electron chi connectivity index (χ2n) is 7.72. The third-order valence-electron chi connectivity index (χ3n) is 5.64. The van der Waals surface area contributed by atoms with Crippen LogP contribution in [0.4, 0.5) is 11.4 Å². The van der Waals surface area contributed by atoms with Crippen LogP contribution in [0.2, 0.25) is 5.02 Å². The van der Waals surface area contributed by atoms with E-state index in [0.29, 0.717) is 33.9 Å². The molecule has 0 aromatic heterocycles. The molecule has 2 atom stereocenters. The Morgan fingerprint density at radius 3 is 2.34 bits per heavy atom. The fourth-order valence-electron chi connectivity index (χ4n) is 4.05. The number of imide groups is 1. The van der Waals surface area contributed by atoms with E-state index in [1.165, 1.54) is 0 Å². The summed E-state index contributed by atoms with van der Waals surface area (Å²) in [6.45, 7) is 0. The van der Waals surface area contributed by atoms with Crippen LogP contribution in [-0.2, 0) is 4.79 Å². The molecule has 5 rings (SSSR count). The zero-order valence-electron chi connectivity index (χ0n) is 16.8. The highest BCUT2D eigenvalue weighted by Crippen LogP contribution is 2.30. The Balaban J connectivity index is 1.29. The molecule has 2 unspecified atom stereocenters. The van der Waals surface area contributed by atoms with Crippen molar-refractivity contribution in [3.63, 3.8) is 0 Å². The van der Waals surface area contributed by atoms with Crippen molar-refractivity contribution < 1.29 is 14.4 Å². The van der Waals surface area contributed by atoms with Gasteiger partial charge in [0.05, 0.1) is 16.8 Å². The molecule has 160 valence electrons. The number of hydrogen-bond acceptors (Lipinski definition) is 5. The summed E-state index contributed by atoms with van der Waals surface area (Å²) in [6.07, 6.45) is 0.546. The van der Waals surface area contributed by atoms with Crippen LogP contribution < -0.4 is 21.1 Å². The minimum Gasteiger partial charge on any atom is -0.325 e. The van der Waals surface area contributed by atoms with Gasteiger partial charge in [-0.25, -0.2) is 15.8 Å². The molecule has 3 N–H and O–H groups in total. The third kappa shape index (κ3) is 3.67. The summed E-state index contributed by atoms with van der Waals surface area (Å²) in [5.74, 6) is -0.971. The number of hydrogen-bond donors (Lipinski definition) is 3. The lowest BCUT2D eigenvalue weighted by molar-refractivity contribution is -0.117. The monoisotopic (exact) mass is 446 g/mol. The van der Waals surface area contributed by atoms with E-state index in [2.05, 4.69) is 16.2 Å². The first kappa shape index (κ1) is 20.4. The molecule has 3 aromatic rings. The summed E-state index contributed by atoms with van der Waals surface area (Å²) < 4.78 is 0. The predicted octanol–water partition coefficient (Wildman–Crippen LogP) is 3.69. The average Bonchev–Trinajstić information content (AvgIpc) is 3.38. The average molecular weight is 447 g/mol. The smallest absolute Gasteiger partial charge is 0.266 e. The number of nitrogens with zero attached hydrogens (tertiary/aromatic N) is 1. The van der Waals surface area contributed by atoms with Crippen LogP contribution >= 0.6 is 11.6 Å². The fourth-order valence-corrected chi connectivity index (χ4v) is 4.24. The van der Waals surface area contributed by atoms with Crippen LogP contribution in [0, 0.1) is 0 Å². The van der Waals surface area contributed by atoms with Crippen LogP contribution in [0.3, 0.4) is 0 Å². The lowest BCUT2D eigenvalue weighted by atomic mass is 10.0. The van der Waals surface area contributed by atoms with E-state index in [9.17, 15) is 14.4 Å². The Bertz CT molecular complexity index is 1210. The number of halogens is 1. The Labute approximate surface area is 189 Å². The first-order valence-electron chi connectivity index (χ1n) is 10.2. The normalized spacial score (nSPS) is 19.8. The second kappa shape index (κ2) is 8.20. The summed E-state index contributed by atoms with van der Waals surface area (Å²) in [7, 11) is 0. The fraction of sp³-hybridized carbons (Fsp3) is 0.125. The van der Waals surface area contributed by atoms with Gasteiger partial charge in [0.2, 0.25) is 5.91 Å². The van der Waals surface area contributed by atoms with Gasteiger partial charge in [-0.05, 0) is 54.4 Å². The number of nitrogens with one attached hydrogen (secondary N) is 3. The van der Waals surface area contributed by atoms with E-state index in [1.54, 1.807) is 54.6 Å². The van der Waals surface area contributed by atoms with E-state index < -0.39 is 6.04 Å². The van der Waals surface area contributed by atoms with Crippen LogP contribution in [0.15, 0.2) is 72.8 Å². The molecule has 0 radical (unpaired) electrons. The van der Waals surface area contributed by atoms with Crippen LogP contribution in [0.1, 0.15) is 38.7 Å². The van der Waals surface area contributed by atoms with Gasteiger partial charge in [-0.15, -0.1) is 0 Å². The maximum Gasteiger partial charge on any atom is 0.266 e. The van der Waals surface area contributed by atoms with E-state index in [0.717, 1.165) is 10.5 Å². The van der Waals surface area contributed by atoms with E-state index in [4.69, 9.17) is 11.6 Å². The summed E-state index contributed by atoms with van der Waals surface area (Å²) in [5.41, 5.74) is 8.79. The van der Waals surface area contributed by atoms with Gasteiger partial charge < -0.3 is 5.32 Å². The molecule has 0 bridgehead atoms. The minimum atomic E-state index is -0.457. The van der Waals surface area contributed by atoms with Crippen molar-refractivity contribution in [3.05, 3.63) is 94.5 Å². The lowest BCUT2D eigenvalue weighted by Crippen LogP contribution is -2.39. The van der Waals surface area contributed by atoms with E-state index in [-0.39, 0.29) is 23.8 Å². The van der Waals surface area contributed by atoms with E-state index >= 15 is 0 Å². The van der Waals surface area contributed by atoms with Crippen molar-refractivity contribution in [2.75, 3.05) is 10.2 Å². The highest BCUT2D eigenvalue weighted by Gasteiger charge is 2.36. The van der Waals surface area contributed by atoms with Gasteiger partial charge in [0, 0.05) is 16.8 Å². The summed E-state index contributed by atoms with van der Waals surface area (Å²) in [4.78, 5) is 39.4. The standard InChI is InChI=1S/C24H19ClN4O3/c25-15-6-3-5-14(11-15)20-13-21(28-27-20)22(30)26-16-7-4-8-17(12-16)29-23(31)18-9-1-2-10-19(18)24(29)32/h1-12,20-21,27-28H,13H2,(H,26,30). The van der Waals surface area contributed by atoms with Gasteiger partial charge in [-0.2, -0.15) is 0 Å². The van der Waals surface area contributed by atoms with Crippen molar-refractivity contribution in [2.24, 2.45) is 0 Å². The summed E-state index contributed by atoms with van der Waals surface area (Å²) >= 11 is 6.07. The van der Waals surface area contributed by atoms with Crippen molar-refractivity contribution in [2.45, 2.75) is 18.5 Å². The molecule has 0 spiro atoms. The number of hydrazine groups is 1. The van der Waals surface area contributed by atoms with Crippen molar-refractivity contribution in [1.29, 1.82) is 0 Å². The number of benzene rings is 3. The molecule has 0 aliphatic carbocycles. The number of rotatable bonds is 4. The number of carbonyl (C=O) groups excluding carboxylic acids is 3. The molecule has 2 heterocycles. The highest BCUT2D eigenvalue weighted by atomic mass is 35.5. The van der Waals surface area contributed by atoms with Crippen molar-refractivity contribution >= 4 is 40.7 Å². The zero-order valence-corrected chi connectivity index (χ0v) is 17.6. The molecule has 7 nitrogen and oxygen atoms in total. The van der Waals surface area contributed by atoms with Gasteiger partial charge in [0.15, 0.2) is 0 Å². The van der Waals surface area contributed by atoms with Gasteiger partial charge in [-0.3, -0.25) is 14.4 Å². The van der Waals surface area contributed by atoms with Crippen molar-refractivity contribution in [1.82, 2.24) is 10.9 Å². The Morgan fingerprint density at radius 1 is 0.906 bits per heavy atom. The number of anilines is 2. The minimum absolute atomic E-state index is 0.0471. The molecule has 2 aliphatic heterocycles. The van der Waals surface area contributed by atoms with Crippen molar-refractivity contribution in [3.8, 4) is 0 Å².